The molecule has 1 fully saturated rings. The van der Waals surface area contributed by atoms with E-state index < -0.39 is 0 Å². The van der Waals surface area contributed by atoms with E-state index in [9.17, 15) is 9.90 Å². The highest BCUT2D eigenvalue weighted by molar-refractivity contribution is 5.76. The van der Waals surface area contributed by atoms with Crippen molar-refractivity contribution >= 4 is 5.91 Å². The van der Waals surface area contributed by atoms with E-state index in [1.54, 1.807) is 7.11 Å². The quantitative estimate of drug-likeness (QED) is 0.784. The molecule has 2 rings (SSSR count). The first-order chi connectivity index (χ1) is 9.19. The third kappa shape index (κ3) is 3.70. The minimum absolute atomic E-state index is 0.0277. The van der Waals surface area contributed by atoms with Gasteiger partial charge in [-0.3, -0.25) is 4.79 Å². The molecular formula is C15H21NO3. The Labute approximate surface area is 113 Å². The largest absolute Gasteiger partial charge is 0.496 e. The molecule has 1 saturated carbocycles. The van der Waals surface area contributed by atoms with E-state index in [1.807, 2.05) is 24.3 Å². The second-order valence-corrected chi connectivity index (χ2v) is 5.25. The van der Waals surface area contributed by atoms with E-state index in [-0.39, 0.29) is 17.9 Å². The summed E-state index contributed by atoms with van der Waals surface area (Å²) >= 11 is 0. The van der Waals surface area contributed by atoms with Gasteiger partial charge in [-0.25, -0.2) is 0 Å². The third-order valence-corrected chi connectivity index (χ3v) is 3.77. The lowest BCUT2D eigenvalue weighted by atomic mass is 10.1. The molecule has 1 aliphatic rings. The van der Waals surface area contributed by atoms with Crippen molar-refractivity contribution in [2.24, 2.45) is 5.41 Å². The molecule has 0 unspecified atom stereocenters. The molecule has 1 aromatic carbocycles. The summed E-state index contributed by atoms with van der Waals surface area (Å²) in [5.41, 5.74) is 1.02. The van der Waals surface area contributed by atoms with E-state index >= 15 is 0 Å². The lowest BCUT2D eigenvalue weighted by Crippen LogP contribution is -2.31. The predicted molar refractivity (Wildman–Crippen MR) is 73.1 cm³/mol. The van der Waals surface area contributed by atoms with Crippen LogP contribution < -0.4 is 10.1 Å². The Morgan fingerprint density at radius 1 is 1.42 bits per heavy atom. The van der Waals surface area contributed by atoms with E-state index in [1.165, 1.54) is 0 Å². The molecule has 0 aromatic heterocycles. The zero-order chi connectivity index (χ0) is 13.7. The summed E-state index contributed by atoms with van der Waals surface area (Å²) < 4.78 is 5.25. The summed E-state index contributed by atoms with van der Waals surface area (Å²) in [6, 6.07) is 7.74. The summed E-state index contributed by atoms with van der Waals surface area (Å²) in [5, 5.41) is 12.1. The molecule has 0 aliphatic heterocycles. The second kappa shape index (κ2) is 6.06. The van der Waals surface area contributed by atoms with Crippen LogP contribution in [-0.2, 0) is 11.2 Å². The fourth-order valence-electron chi connectivity index (χ4n) is 2.10. The van der Waals surface area contributed by atoms with Gasteiger partial charge in [0.05, 0.1) is 13.7 Å². The topological polar surface area (TPSA) is 58.6 Å². The van der Waals surface area contributed by atoms with Gasteiger partial charge in [-0.1, -0.05) is 18.2 Å². The number of amides is 1. The fraction of sp³-hybridized carbons (Fsp3) is 0.533. The maximum atomic E-state index is 11.8. The lowest BCUT2D eigenvalue weighted by Gasteiger charge is -2.13. The van der Waals surface area contributed by atoms with Crippen molar-refractivity contribution in [3.8, 4) is 5.75 Å². The molecule has 0 saturated heterocycles. The minimum Gasteiger partial charge on any atom is -0.496 e. The second-order valence-electron chi connectivity index (χ2n) is 5.25. The smallest absolute Gasteiger partial charge is 0.220 e. The predicted octanol–water partition coefficient (Wildman–Crippen LogP) is 1.52. The van der Waals surface area contributed by atoms with Crippen LogP contribution in [0.4, 0.5) is 0 Å². The summed E-state index contributed by atoms with van der Waals surface area (Å²) in [7, 11) is 1.64. The number of para-hydroxylation sites is 1. The van der Waals surface area contributed by atoms with Gasteiger partial charge in [-0.2, -0.15) is 0 Å². The maximum absolute atomic E-state index is 11.8. The van der Waals surface area contributed by atoms with Gasteiger partial charge in [0.15, 0.2) is 0 Å². The molecule has 0 atom stereocenters. The number of aliphatic hydroxyl groups is 1. The molecule has 4 heteroatoms. The number of carbonyl (C=O) groups excluding carboxylic acids is 1. The molecule has 4 nitrogen and oxygen atoms in total. The molecule has 0 spiro atoms. The van der Waals surface area contributed by atoms with Crippen molar-refractivity contribution in [3.05, 3.63) is 29.8 Å². The molecule has 1 aliphatic carbocycles. The van der Waals surface area contributed by atoms with Crippen molar-refractivity contribution < 1.29 is 14.6 Å². The van der Waals surface area contributed by atoms with Gasteiger partial charge in [0.2, 0.25) is 5.91 Å². The number of hydrogen-bond acceptors (Lipinski definition) is 3. The van der Waals surface area contributed by atoms with Gasteiger partial charge >= 0.3 is 0 Å². The number of carbonyl (C=O) groups is 1. The number of nitrogens with one attached hydrogen (secondary N) is 1. The average molecular weight is 263 g/mol. The molecule has 104 valence electrons. The van der Waals surface area contributed by atoms with Crippen molar-refractivity contribution in [2.75, 3.05) is 20.3 Å². The van der Waals surface area contributed by atoms with Crippen LogP contribution in [0.1, 0.15) is 24.8 Å². The number of aliphatic hydroxyl groups excluding tert-OH is 1. The van der Waals surface area contributed by atoms with Gasteiger partial charge in [0, 0.05) is 18.4 Å². The number of methoxy groups -OCH3 is 1. The zero-order valence-electron chi connectivity index (χ0n) is 11.3. The Morgan fingerprint density at radius 2 is 2.16 bits per heavy atom. The van der Waals surface area contributed by atoms with Gasteiger partial charge < -0.3 is 15.2 Å². The van der Waals surface area contributed by atoms with Crippen LogP contribution >= 0.6 is 0 Å². The molecule has 0 heterocycles. The van der Waals surface area contributed by atoms with Gasteiger partial charge in [0.25, 0.3) is 0 Å². The van der Waals surface area contributed by atoms with Crippen LogP contribution in [0.2, 0.25) is 0 Å². The van der Waals surface area contributed by atoms with E-state index in [2.05, 4.69) is 5.32 Å². The highest BCUT2D eigenvalue weighted by Gasteiger charge is 2.41. The minimum atomic E-state index is -0.0277. The van der Waals surface area contributed by atoms with Crippen LogP contribution in [0.15, 0.2) is 24.3 Å². The highest BCUT2D eigenvalue weighted by Crippen LogP contribution is 2.44. The molecule has 1 aromatic rings. The molecular weight excluding hydrogens is 242 g/mol. The van der Waals surface area contributed by atoms with Crippen molar-refractivity contribution in [1.82, 2.24) is 5.32 Å². The van der Waals surface area contributed by atoms with Crippen LogP contribution in [-0.4, -0.2) is 31.3 Å². The van der Waals surface area contributed by atoms with Gasteiger partial charge in [0.1, 0.15) is 5.75 Å². The number of rotatable bonds is 7. The fourth-order valence-corrected chi connectivity index (χ4v) is 2.10. The Hall–Kier alpha value is -1.55. The van der Waals surface area contributed by atoms with Gasteiger partial charge in [-0.15, -0.1) is 0 Å². The van der Waals surface area contributed by atoms with Crippen molar-refractivity contribution in [3.63, 3.8) is 0 Å². The summed E-state index contributed by atoms with van der Waals surface area (Å²) in [5.74, 6) is 0.856. The number of benzene rings is 1. The number of aryl methyl sites for hydroxylation is 1. The first kappa shape index (κ1) is 13.9. The number of ether oxygens (including phenoxy) is 1. The third-order valence-electron chi connectivity index (χ3n) is 3.77. The Morgan fingerprint density at radius 3 is 2.79 bits per heavy atom. The first-order valence-corrected chi connectivity index (χ1v) is 6.68. The maximum Gasteiger partial charge on any atom is 0.220 e. The monoisotopic (exact) mass is 263 g/mol. The average Bonchev–Trinajstić information content (AvgIpc) is 3.24. The van der Waals surface area contributed by atoms with E-state index in [4.69, 9.17) is 4.74 Å². The number of hydrogen-bond donors (Lipinski definition) is 2. The lowest BCUT2D eigenvalue weighted by molar-refractivity contribution is -0.121. The van der Waals surface area contributed by atoms with Crippen molar-refractivity contribution in [1.29, 1.82) is 0 Å². The van der Waals surface area contributed by atoms with E-state index in [0.717, 1.165) is 24.2 Å². The van der Waals surface area contributed by atoms with Crippen LogP contribution in [0, 0.1) is 5.41 Å². The SMILES string of the molecule is COc1ccccc1CCC(=O)NCC1(CO)CC1. The Bertz CT molecular complexity index is 441. The van der Waals surface area contributed by atoms with Crippen molar-refractivity contribution in [2.45, 2.75) is 25.7 Å². The molecule has 1 amide bonds. The summed E-state index contributed by atoms with van der Waals surface area (Å²) in [4.78, 5) is 11.8. The highest BCUT2D eigenvalue weighted by atomic mass is 16.5. The van der Waals surface area contributed by atoms with Crippen LogP contribution in [0.5, 0.6) is 5.75 Å². The Kier molecular flexibility index (Phi) is 4.43. The zero-order valence-corrected chi connectivity index (χ0v) is 11.3. The van der Waals surface area contributed by atoms with Gasteiger partial charge in [-0.05, 0) is 30.9 Å². The molecule has 0 bridgehead atoms. The Balaban J connectivity index is 1.77. The van der Waals surface area contributed by atoms with E-state index in [0.29, 0.717) is 19.4 Å². The molecule has 19 heavy (non-hydrogen) atoms. The van der Waals surface area contributed by atoms with Crippen LogP contribution in [0.3, 0.4) is 0 Å². The summed E-state index contributed by atoms with van der Waals surface area (Å²) in [6.07, 6.45) is 3.14. The molecule has 2 N–H and O–H groups in total. The molecule has 0 radical (unpaired) electrons. The summed E-state index contributed by atoms with van der Waals surface area (Å²) in [6.45, 7) is 0.758. The normalized spacial score (nSPS) is 15.9. The first-order valence-electron chi connectivity index (χ1n) is 6.68. The standard InChI is InChI=1S/C15H21NO3/c1-19-13-5-3-2-4-12(13)6-7-14(18)16-10-15(11-17)8-9-15/h2-5,17H,6-11H2,1H3,(H,16,18). The van der Waals surface area contributed by atoms with Crippen LogP contribution in [0.25, 0.3) is 0 Å².